The first-order chi connectivity index (χ1) is 12.4. The van der Waals surface area contributed by atoms with Gasteiger partial charge in [-0.05, 0) is 0 Å². The van der Waals surface area contributed by atoms with Gasteiger partial charge in [0, 0.05) is 46.0 Å². The van der Waals surface area contributed by atoms with E-state index in [9.17, 15) is 0 Å². The van der Waals surface area contributed by atoms with E-state index >= 15 is 0 Å². The highest BCUT2D eigenvalue weighted by molar-refractivity contribution is 8.03. The van der Waals surface area contributed by atoms with Gasteiger partial charge in [0.1, 0.15) is 0 Å². The lowest BCUT2D eigenvalue weighted by Crippen LogP contribution is -2.04. The second-order valence-corrected chi connectivity index (χ2v) is 9.63. The molecule has 152 valence electrons. The lowest BCUT2D eigenvalue weighted by Gasteiger charge is -2.05. The van der Waals surface area contributed by atoms with E-state index in [1.54, 1.807) is 0 Å². The van der Waals surface area contributed by atoms with Crippen molar-refractivity contribution in [1.82, 2.24) is 0 Å². The van der Waals surface area contributed by atoms with Gasteiger partial charge in [0.05, 0.1) is 52.9 Å². The van der Waals surface area contributed by atoms with Gasteiger partial charge < -0.3 is 24.4 Å². The standard InChI is InChI=1S/C16H34O5S4/c17-1-3-19-5-9-22-13-15-24-11-7-21-8-12-25-16-14-23-10-6-20-4-2-18/h17-18H,1-16H2. The summed E-state index contributed by atoms with van der Waals surface area (Å²) in [6.07, 6.45) is 0. The highest BCUT2D eigenvalue weighted by atomic mass is 32.2. The average Bonchev–Trinajstić information content (AvgIpc) is 2.63. The Balaban J connectivity index is 2.94. The Morgan fingerprint density at radius 1 is 0.400 bits per heavy atom. The lowest BCUT2D eigenvalue weighted by atomic mass is 10.7. The molecule has 25 heavy (non-hydrogen) atoms. The Hall–Kier alpha value is 1.20. The van der Waals surface area contributed by atoms with Gasteiger partial charge in [-0.25, -0.2) is 0 Å². The van der Waals surface area contributed by atoms with Crippen LogP contribution in [-0.4, -0.2) is 109 Å². The Kier molecular flexibility index (Phi) is 26.4. The SMILES string of the molecule is OCCOCCSCCSCCOCCSCCSCCOCCO. The third kappa shape index (κ3) is 25.2. The van der Waals surface area contributed by atoms with Gasteiger partial charge >= 0.3 is 0 Å². The summed E-state index contributed by atoms with van der Waals surface area (Å²) in [5, 5.41) is 17.1. The minimum absolute atomic E-state index is 0.111. The fourth-order valence-electron chi connectivity index (χ4n) is 1.55. The minimum atomic E-state index is 0.111. The molecular formula is C16H34O5S4. The largest absolute Gasteiger partial charge is 0.394 e. The molecule has 0 aromatic rings. The molecule has 9 heteroatoms. The first-order valence-electron chi connectivity index (χ1n) is 8.67. The van der Waals surface area contributed by atoms with E-state index in [0.29, 0.717) is 13.2 Å². The molecule has 0 aliphatic heterocycles. The molecule has 0 aliphatic carbocycles. The number of ether oxygens (including phenoxy) is 3. The van der Waals surface area contributed by atoms with Crippen LogP contribution >= 0.6 is 47.0 Å². The molecule has 0 aromatic heterocycles. The van der Waals surface area contributed by atoms with Crippen molar-refractivity contribution >= 4 is 47.0 Å². The Morgan fingerprint density at radius 2 is 0.680 bits per heavy atom. The molecule has 2 N–H and O–H groups in total. The Morgan fingerprint density at radius 3 is 0.960 bits per heavy atom. The van der Waals surface area contributed by atoms with Crippen LogP contribution in [0.2, 0.25) is 0 Å². The van der Waals surface area contributed by atoms with Crippen LogP contribution in [0.1, 0.15) is 0 Å². The molecule has 0 fully saturated rings. The monoisotopic (exact) mass is 434 g/mol. The molecule has 0 radical (unpaired) electrons. The molecule has 0 aliphatic rings. The number of aliphatic hydroxyl groups is 2. The molecule has 0 bridgehead atoms. The van der Waals surface area contributed by atoms with Crippen LogP contribution in [0.4, 0.5) is 0 Å². The van der Waals surface area contributed by atoms with Gasteiger partial charge in [0.25, 0.3) is 0 Å². The van der Waals surface area contributed by atoms with Crippen LogP contribution in [0.5, 0.6) is 0 Å². The maximum Gasteiger partial charge on any atom is 0.0698 e. The minimum Gasteiger partial charge on any atom is -0.394 e. The smallest absolute Gasteiger partial charge is 0.0698 e. The van der Waals surface area contributed by atoms with Crippen molar-refractivity contribution < 1.29 is 24.4 Å². The zero-order valence-corrected chi connectivity index (χ0v) is 18.3. The predicted octanol–water partition coefficient (Wildman–Crippen LogP) is 1.95. The predicted molar refractivity (Wildman–Crippen MR) is 116 cm³/mol. The highest BCUT2D eigenvalue weighted by Gasteiger charge is 1.95. The second kappa shape index (κ2) is 25.2. The van der Waals surface area contributed by atoms with Crippen LogP contribution in [0.3, 0.4) is 0 Å². The zero-order chi connectivity index (χ0) is 18.3. The van der Waals surface area contributed by atoms with Crippen LogP contribution < -0.4 is 0 Å². The number of hydrogen-bond donors (Lipinski definition) is 2. The summed E-state index contributed by atoms with van der Waals surface area (Å²) in [5.74, 6) is 8.73. The summed E-state index contributed by atoms with van der Waals surface area (Å²) in [5.41, 5.74) is 0. The summed E-state index contributed by atoms with van der Waals surface area (Å²) in [6.45, 7) is 4.26. The van der Waals surface area contributed by atoms with E-state index in [2.05, 4.69) is 0 Å². The van der Waals surface area contributed by atoms with Crippen molar-refractivity contribution in [3.63, 3.8) is 0 Å². The van der Waals surface area contributed by atoms with Crippen molar-refractivity contribution in [3.05, 3.63) is 0 Å². The molecule has 0 heterocycles. The summed E-state index contributed by atoms with van der Waals surface area (Å²) in [4.78, 5) is 0. The number of thioether (sulfide) groups is 4. The quantitative estimate of drug-likeness (QED) is 0.249. The van der Waals surface area contributed by atoms with E-state index in [1.165, 1.54) is 0 Å². The summed E-state index contributed by atoms with van der Waals surface area (Å²) < 4.78 is 16.0. The molecule has 0 atom stereocenters. The first-order valence-corrected chi connectivity index (χ1v) is 13.3. The van der Waals surface area contributed by atoms with Crippen LogP contribution in [0.15, 0.2) is 0 Å². The molecule has 0 unspecified atom stereocenters. The number of aliphatic hydroxyl groups excluding tert-OH is 2. The normalized spacial score (nSPS) is 11.3. The maximum absolute atomic E-state index is 8.57. The van der Waals surface area contributed by atoms with Gasteiger partial charge in [-0.2, -0.15) is 47.0 Å². The Bertz CT molecular complexity index is 219. The van der Waals surface area contributed by atoms with Crippen LogP contribution in [-0.2, 0) is 14.2 Å². The number of hydrogen-bond acceptors (Lipinski definition) is 9. The molecule has 0 saturated carbocycles. The van der Waals surface area contributed by atoms with Gasteiger partial charge in [-0.15, -0.1) is 0 Å². The fraction of sp³-hybridized carbons (Fsp3) is 1.00. The average molecular weight is 435 g/mol. The van der Waals surface area contributed by atoms with E-state index in [4.69, 9.17) is 24.4 Å². The van der Waals surface area contributed by atoms with Gasteiger partial charge in [-0.1, -0.05) is 0 Å². The van der Waals surface area contributed by atoms with Crippen molar-refractivity contribution in [2.24, 2.45) is 0 Å². The second-order valence-electron chi connectivity index (χ2n) is 4.73. The summed E-state index contributed by atoms with van der Waals surface area (Å²) >= 11 is 7.68. The topological polar surface area (TPSA) is 68.2 Å². The third-order valence-electron chi connectivity index (χ3n) is 2.70. The summed E-state index contributed by atoms with van der Waals surface area (Å²) in [6, 6.07) is 0. The number of rotatable bonds is 22. The zero-order valence-electron chi connectivity index (χ0n) is 15.1. The molecule has 0 saturated heterocycles. The van der Waals surface area contributed by atoms with E-state index in [0.717, 1.165) is 72.5 Å². The molecule has 0 aromatic carbocycles. The van der Waals surface area contributed by atoms with E-state index < -0.39 is 0 Å². The van der Waals surface area contributed by atoms with Gasteiger partial charge in [0.2, 0.25) is 0 Å². The fourth-order valence-corrected chi connectivity index (χ4v) is 5.20. The van der Waals surface area contributed by atoms with E-state index in [1.807, 2.05) is 47.0 Å². The van der Waals surface area contributed by atoms with Crippen molar-refractivity contribution in [2.75, 3.05) is 98.9 Å². The van der Waals surface area contributed by atoms with Crippen molar-refractivity contribution in [2.45, 2.75) is 0 Å². The maximum atomic E-state index is 8.57. The third-order valence-corrected chi connectivity index (χ3v) is 7.01. The van der Waals surface area contributed by atoms with Gasteiger partial charge in [-0.3, -0.25) is 0 Å². The summed E-state index contributed by atoms with van der Waals surface area (Å²) in [7, 11) is 0. The molecular weight excluding hydrogens is 400 g/mol. The molecule has 0 amide bonds. The first kappa shape index (κ1) is 26.2. The molecule has 0 rings (SSSR count). The highest BCUT2D eigenvalue weighted by Crippen LogP contribution is 2.08. The van der Waals surface area contributed by atoms with Crippen LogP contribution in [0.25, 0.3) is 0 Å². The van der Waals surface area contributed by atoms with Crippen LogP contribution in [0, 0.1) is 0 Å². The van der Waals surface area contributed by atoms with E-state index in [-0.39, 0.29) is 13.2 Å². The molecule has 5 nitrogen and oxygen atoms in total. The van der Waals surface area contributed by atoms with Gasteiger partial charge in [0.15, 0.2) is 0 Å². The Labute approximate surface area is 170 Å². The molecule has 0 spiro atoms. The van der Waals surface area contributed by atoms with Crippen molar-refractivity contribution in [3.8, 4) is 0 Å². The lowest BCUT2D eigenvalue weighted by molar-refractivity contribution is 0.103. The van der Waals surface area contributed by atoms with Crippen molar-refractivity contribution in [1.29, 1.82) is 0 Å².